The minimum atomic E-state index is -0.610. The number of allylic oxidation sites excluding steroid dienone is 1. The Bertz CT molecular complexity index is 900. The Morgan fingerprint density at radius 3 is 2.45 bits per heavy atom. The molecule has 3 unspecified atom stereocenters. The highest BCUT2D eigenvalue weighted by molar-refractivity contribution is 5.92. The molecule has 3 nitrogen and oxygen atoms in total. The number of carbonyl (C=O) groups is 1. The zero-order valence-electron chi connectivity index (χ0n) is 16.7. The van der Waals surface area contributed by atoms with Crippen LogP contribution in [0.2, 0.25) is 0 Å². The van der Waals surface area contributed by atoms with E-state index in [2.05, 4.69) is 18.7 Å². The molecule has 1 spiro atoms. The molecular formula is C26H28O3. The Hall–Kier alpha value is -2.81. The minimum Gasteiger partial charge on any atom is -0.512 e. The van der Waals surface area contributed by atoms with Crippen molar-refractivity contribution in [3.05, 3.63) is 95.8 Å². The summed E-state index contributed by atoms with van der Waals surface area (Å²) in [5.41, 5.74) is 1.90. The third-order valence-electron chi connectivity index (χ3n) is 6.47. The number of esters is 1. The molecule has 1 aliphatic heterocycles. The molecule has 1 saturated carbocycles. The molecular weight excluding hydrogens is 360 g/mol. The lowest BCUT2D eigenvalue weighted by molar-refractivity contribution is -0.171. The van der Waals surface area contributed by atoms with E-state index in [1.165, 1.54) is 5.56 Å². The Morgan fingerprint density at radius 2 is 1.79 bits per heavy atom. The fourth-order valence-corrected chi connectivity index (χ4v) is 5.00. The highest BCUT2D eigenvalue weighted by atomic mass is 16.6. The van der Waals surface area contributed by atoms with E-state index in [4.69, 9.17) is 4.74 Å². The van der Waals surface area contributed by atoms with E-state index >= 15 is 0 Å². The highest BCUT2D eigenvalue weighted by Gasteiger charge is 2.49. The SMILES string of the molecule is C=CC(C1=C(O)CC2(CCCCC2Cc2ccccc2)OC1=O)c1ccccc1. The van der Waals surface area contributed by atoms with Gasteiger partial charge in [-0.15, -0.1) is 6.58 Å². The summed E-state index contributed by atoms with van der Waals surface area (Å²) < 4.78 is 6.18. The summed E-state index contributed by atoms with van der Waals surface area (Å²) in [4.78, 5) is 13.2. The lowest BCUT2D eigenvalue weighted by Crippen LogP contribution is -2.49. The van der Waals surface area contributed by atoms with Gasteiger partial charge in [-0.1, -0.05) is 73.2 Å². The van der Waals surface area contributed by atoms with E-state index in [1.54, 1.807) is 6.08 Å². The molecule has 1 aliphatic carbocycles. The lowest BCUT2D eigenvalue weighted by Gasteiger charge is -2.46. The van der Waals surface area contributed by atoms with Crippen molar-refractivity contribution < 1.29 is 14.6 Å². The number of rotatable bonds is 5. The number of benzene rings is 2. The summed E-state index contributed by atoms with van der Waals surface area (Å²) in [7, 11) is 0. The molecule has 0 aromatic heterocycles. The van der Waals surface area contributed by atoms with Gasteiger partial charge in [0, 0.05) is 18.3 Å². The second-order valence-corrected chi connectivity index (χ2v) is 8.25. The molecule has 150 valence electrons. The van der Waals surface area contributed by atoms with Crippen LogP contribution in [0.1, 0.15) is 49.1 Å². The Morgan fingerprint density at radius 1 is 1.10 bits per heavy atom. The van der Waals surface area contributed by atoms with Gasteiger partial charge in [-0.05, 0) is 36.8 Å². The third kappa shape index (κ3) is 3.87. The van der Waals surface area contributed by atoms with Gasteiger partial charge in [-0.25, -0.2) is 4.79 Å². The van der Waals surface area contributed by atoms with Crippen LogP contribution in [0.5, 0.6) is 0 Å². The van der Waals surface area contributed by atoms with Gasteiger partial charge in [-0.2, -0.15) is 0 Å². The van der Waals surface area contributed by atoms with Gasteiger partial charge in [0.1, 0.15) is 11.4 Å². The molecule has 1 heterocycles. The average Bonchev–Trinajstić information content (AvgIpc) is 2.74. The number of ether oxygens (including phenoxy) is 1. The predicted octanol–water partition coefficient (Wildman–Crippen LogP) is 5.89. The number of hydrogen-bond acceptors (Lipinski definition) is 3. The van der Waals surface area contributed by atoms with Crippen LogP contribution in [0.15, 0.2) is 84.7 Å². The molecule has 0 saturated heterocycles. The van der Waals surface area contributed by atoms with Crippen LogP contribution in [0.4, 0.5) is 0 Å². The maximum Gasteiger partial charge on any atom is 0.338 e. The molecule has 3 heteroatoms. The monoisotopic (exact) mass is 388 g/mol. The fraction of sp³-hybridized carbons (Fsp3) is 0.346. The van der Waals surface area contributed by atoms with Gasteiger partial charge in [0.2, 0.25) is 0 Å². The first kappa shape index (κ1) is 19.5. The summed E-state index contributed by atoms with van der Waals surface area (Å²) in [6, 6.07) is 20.0. The maximum atomic E-state index is 13.2. The van der Waals surface area contributed by atoms with Gasteiger partial charge in [0.25, 0.3) is 0 Å². The standard InChI is InChI=1S/C26H28O3/c1-2-22(20-13-7-4-8-14-20)24-23(27)18-26(29-25(24)28)16-10-9-15-21(26)17-19-11-5-3-6-12-19/h2-8,11-14,21-22,27H,1,9-10,15-18H2. The summed E-state index contributed by atoms with van der Waals surface area (Å²) in [5.74, 6) is -0.389. The van der Waals surface area contributed by atoms with Crippen molar-refractivity contribution in [1.82, 2.24) is 0 Å². The van der Waals surface area contributed by atoms with E-state index in [0.29, 0.717) is 12.0 Å². The van der Waals surface area contributed by atoms with Crippen molar-refractivity contribution in [2.24, 2.45) is 5.92 Å². The van der Waals surface area contributed by atoms with Crippen molar-refractivity contribution in [1.29, 1.82) is 0 Å². The Balaban J connectivity index is 1.65. The number of hydrogen-bond donors (Lipinski definition) is 1. The molecule has 0 amide bonds. The molecule has 2 aromatic carbocycles. The van der Waals surface area contributed by atoms with Gasteiger partial charge >= 0.3 is 5.97 Å². The van der Waals surface area contributed by atoms with E-state index < -0.39 is 11.6 Å². The van der Waals surface area contributed by atoms with Gasteiger partial charge in [0.05, 0.1) is 5.57 Å². The molecule has 2 aromatic rings. The van der Waals surface area contributed by atoms with Gasteiger partial charge in [-0.3, -0.25) is 0 Å². The average molecular weight is 389 g/mol. The molecule has 0 bridgehead atoms. The third-order valence-corrected chi connectivity index (χ3v) is 6.47. The van der Waals surface area contributed by atoms with Crippen LogP contribution < -0.4 is 0 Å². The molecule has 29 heavy (non-hydrogen) atoms. The number of carbonyl (C=O) groups excluding carboxylic acids is 1. The highest BCUT2D eigenvalue weighted by Crippen LogP contribution is 2.47. The molecule has 4 rings (SSSR count). The minimum absolute atomic E-state index is 0.162. The second kappa shape index (κ2) is 8.28. The number of aliphatic hydroxyl groups excluding tert-OH is 1. The topological polar surface area (TPSA) is 46.5 Å². The molecule has 1 fully saturated rings. The molecule has 2 aliphatic rings. The van der Waals surface area contributed by atoms with Gasteiger partial charge in [0.15, 0.2) is 0 Å². The summed E-state index contributed by atoms with van der Waals surface area (Å²) in [6.07, 6.45) is 6.93. The van der Waals surface area contributed by atoms with Crippen molar-refractivity contribution in [3.8, 4) is 0 Å². The Kier molecular flexibility index (Phi) is 5.57. The van der Waals surface area contributed by atoms with Crippen LogP contribution in [0.25, 0.3) is 0 Å². The van der Waals surface area contributed by atoms with Crippen LogP contribution in [0, 0.1) is 5.92 Å². The van der Waals surface area contributed by atoms with Crippen LogP contribution in [-0.4, -0.2) is 16.7 Å². The van der Waals surface area contributed by atoms with Crippen LogP contribution in [0.3, 0.4) is 0 Å². The second-order valence-electron chi connectivity index (χ2n) is 8.25. The van der Waals surface area contributed by atoms with E-state index in [9.17, 15) is 9.90 Å². The van der Waals surface area contributed by atoms with Crippen molar-refractivity contribution in [2.75, 3.05) is 0 Å². The summed E-state index contributed by atoms with van der Waals surface area (Å²) in [5, 5.41) is 11.0. The predicted molar refractivity (Wildman–Crippen MR) is 115 cm³/mol. The molecule has 3 atom stereocenters. The van der Waals surface area contributed by atoms with E-state index in [0.717, 1.165) is 37.7 Å². The van der Waals surface area contributed by atoms with E-state index in [-0.39, 0.29) is 17.6 Å². The zero-order valence-corrected chi connectivity index (χ0v) is 16.7. The largest absolute Gasteiger partial charge is 0.512 e. The lowest BCUT2D eigenvalue weighted by atomic mass is 9.69. The first-order valence-electron chi connectivity index (χ1n) is 10.5. The molecule has 1 N–H and O–H groups in total. The smallest absolute Gasteiger partial charge is 0.338 e. The van der Waals surface area contributed by atoms with E-state index in [1.807, 2.05) is 48.5 Å². The fourth-order valence-electron chi connectivity index (χ4n) is 5.00. The van der Waals surface area contributed by atoms with Crippen molar-refractivity contribution >= 4 is 5.97 Å². The summed E-state index contributed by atoms with van der Waals surface area (Å²) >= 11 is 0. The maximum absolute atomic E-state index is 13.2. The quantitative estimate of drug-likeness (QED) is 0.513. The van der Waals surface area contributed by atoms with Crippen molar-refractivity contribution in [2.45, 2.75) is 50.0 Å². The Labute approximate surface area is 172 Å². The first-order chi connectivity index (χ1) is 14.1. The normalized spacial score (nSPS) is 25.5. The zero-order chi connectivity index (χ0) is 20.3. The van der Waals surface area contributed by atoms with Crippen LogP contribution >= 0.6 is 0 Å². The van der Waals surface area contributed by atoms with Crippen LogP contribution in [-0.2, 0) is 16.0 Å². The number of aliphatic hydroxyl groups is 1. The van der Waals surface area contributed by atoms with Gasteiger partial charge < -0.3 is 9.84 Å². The molecule has 0 radical (unpaired) electrons. The van der Waals surface area contributed by atoms with Crippen molar-refractivity contribution in [3.63, 3.8) is 0 Å². The first-order valence-corrected chi connectivity index (χ1v) is 10.5. The summed E-state index contributed by atoms with van der Waals surface area (Å²) in [6.45, 7) is 3.90.